The monoisotopic (exact) mass is 438 g/mol. The average Bonchev–Trinajstić information content (AvgIpc) is 3.31. The molecule has 1 aliphatic rings. The first-order chi connectivity index (χ1) is 14.3. The van der Waals surface area contributed by atoms with Crippen molar-refractivity contribution in [3.05, 3.63) is 88.7 Å². The summed E-state index contributed by atoms with van der Waals surface area (Å²) in [4.78, 5) is 32.4. The molecule has 0 saturated carbocycles. The number of allylic oxidation sites excluding steroid dienone is 1. The van der Waals surface area contributed by atoms with Gasteiger partial charge in [-0.3, -0.25) is 9.36 Å². The highest BCUT2D eigenvalue weighted by Gasteiger charge is 2.34. The zero-order valence-electron chi connectivity index (χ0n) is 17.2. The maximum atomic E-state index is 13.4. The summed E-state index contributed by atoms with van der Waals surface area (Å²) in [5.41, 5.74) is 2.96. The summed E-state index contributed by atoms with van der Waals surface area (Å²) in [7, 11) is 0. The zero-order chi connectivity index (χ0) is 21.4. The number of rotatable bonds is 4. The quantitative estimate of drug-likeness (QED) is 0.585. The Labute approximate surface area is 182 Å². The van der Waals surface area contributed by atoms with E-state index in [0.717, 1.165) is 16.0 Å². The molecule has 0 aliphatic carbocycles. The third kappa shape index (κ3) is 3.82. The molecule has 0 radical (unpaired) electrons. The predicted molar refractivity (Wildman–Crippen MR) is 120 cm³/mol. The molecule has 30 heavy (non-hydrogen) atoms. The third-order valence-corrected chi connectivity index (χ3v) is 6.68. The van der Waals surface area contributed by atoms with Crippen LogP contribution in [0.4, 0.5) is 0 Å². The molecule has 154 valence electrons. The van der Waals surface area contributed by atoms with Crippen LogP contribution < -0.4 is 14.9 Å². The number of carbonyl (C=O) groups is 1. The van der Waals surface area contributed by atoms with Crippen LogP contribution in [0, 0.1) is 6.92 Å². The van der Waals surface area contributed by atoms with Gasteiger partial charge in [-0.05, 0) is 50.8 Å². The molecule has 0 N–H and O–H groups in total. The Balaban J connectivity index is 1.91. The maximum Gasteiger partial charge on any atom is 0.338 e. The number of fused-ring (bicyclic) bond motifs is 1. The number of nitrogens with zero attached hydrogens (tertiary/aromatic N) is 2. The number of aryl methyl sites for hydroxylation is 1. The first-order valence-electron chi connectivity index (χ1n) is 9.68. The van der Waals surface area contributed by atoms with Crippen molar-refractivity contribution in [1.82, 2.24) is 4.57 Å². The third-order valence-electron chi connectivity index (χ3n) is 4.77. The predicted octanol–water partition coefficient (Wildman–Crippen LogP) is 3.56. The van der Waals surface area contributed by atoms with Crippen LogP contribution in [0.25, 0.3) is 6.08 Å². The normalized spacial score (nSPS) is 16.6. The van der Waals surface area contributed by atoms with E-state index in [0.29, 0.717) is 20.6 Å². The van der Waals surface area contributed by atoms with E-state index in [4.69, 9.17) is 4.74 Å². The van der Waals surface area contributed by atoms with Crippen LogP contribution in [0.5, 0.6) is 0 Å². The van der Waals surface area contributed by atoms with Gasteiger partial charge in [0, 0.05) is 4.88 Å². The Morgan fingerprint density at radius 3 is 2.57 bits per heavy atom. The molecule has 0 amide bonds. The van der Waals surface area contributed by atoms with Gasteiger partial charge >= 0.3 is 5.97 Å². The lowest BCUT2D eigenvalue weighted by Crippen LogP contribution is -2.39. The number of thiazole rings is 1. The van der Waals surface area contributed by atoms with Crippen LogP contribution in [0.15, 0.2) is 62.8 Å². The molecular weight excluding hydrogens is 416 g/mol. The van der Waals surface area contributed by atoms with Gasteiger partial charge < -0.3 is 4.74 Å². The van der Waals surface area contributed by atoms with Crippen LogP contribution in [0.1, 0.15) is 42.8 Å². The molecule has 0 saturated heterocycles. The lowest BCUT2D eigenvalue weighted by Gasteiger charge is -2.24. The van der Waals surface area contributed by atoms with Gasteiger partial charge in [0.05, 0.1) is 21.9 Å². The van der Waals surface area contributed by atoms with E-state index >= 15 is 0 Å². The molecule has 4 rings (SSSR count). The van der Waals surface area contributed by atoms with Crippen molar-refractivity contribution in [2.75, 3.05) is 0 Å². The van der Waals surface area contributed by atoms with Crippen LogP contribution in [-0.4, -0.2) is 16.6 Å². The van der Waals surface area contributed by atoms with Gasteiger partial charge in [-0.1, -0.05) is 47.2 Å². The molecular formula is C23H22N2O3S2. The van der Waals surface area contributed by atoms with Crippen molar-refractivity contribution in [1.29, 1.82) is 0 Å². The van der Waals surface area contributed by atoms with Crippen LogP contribution >= 0.6 is 22.7 Å². The Morgan fingerprint density at radius 1 is 1.20 bits per heavy atom. The second kappa shape index (κ2) is 8.16. The van der Waals surface area contributed by atoms with E-state index in [2.05, 4.69) is 4.99 Å². The standard InChI is InChI=1S/C23H22N2O3S2/c1-13(2)28-22(27)19-15(4)24-23-25(20(19)17-6-5-11-29-17)21(26)18(30-23)12-16-9-7-14(3)8-10-16/h5-13,20H,1-4H3/b18-12-. The topological polar surface area (TPSA) is 60.7 Å². The molecule has 3 heterocycles. The lowest BCUT2D eigenvalue weighted by atomic mass is 10.0. The van der Waals surface area contributed by atoms with Crippen molar-refractivity contribution in [3.63, 3.8) is 0 Å². The summed E-state index contributed by atoms with van der Waals surface area (Å²) in [6.45, 7) is 7.45. The fourth-order valence-corrected chi connectivity index (χ4v) is 5.26. The number of esters is 1. The van der Waals surface area contributed by atoms with E-state index in [-0.39, 0.29) is 11.7 Å². The number of benzene rings is 1. The summed E-state index contributed by atoms with van der Waals surface area (Å²) >= 11 is 2.85. The smallest absolute Gasteiger partial charge is 0.338 e. The molecule has 0 fully saturated rings. The van der Waals surface area contributed by atoms with E-state index in [9.17, 15) is 9.59 Å². The molecule has 7 heteroatoms. The summed E-state index contributed by atoms with van der Waals surface area (Å²) in [6, 6.07) is 11.3. The second-order valence-electron chi connectivity index (χ2n) is 7.46. The Kier molecular flexibility index (Phi) is 5.58. The van der Waals surface area contributed by atoms with Crippen molar-refractivity contribution < 1.29 is 9.53 Å². The van der Waals surface area contributed by atoms with Gasteiger partial charge in [0.25, 0.3) is 5.56 Å². The van der Waals surface area contributed by atoms with Gasteiger partial charge in [0.2, 0.25) is 0 Å². The highest BCUT2D eigenvalue weighted by Crippen LogP contribution is 2.33. The van der Waals surface area contributed by atoms with Crippen LogP contribution in [0.3, 0.4) is 0 Å². The minimum Gasteiger partial charge on any atom is -0.459 e. The zero-order valence-corrected chi connectivity index (χ0v) is 18.8. The summed E-state index contributed by atoms with van der Waals surface area (Å²) in [6.07, 6.45) is 1.62. The SMILES string of the molecule is CC1=C(C(=O)OC(C)C)C(c2cccs2)n2c(s/c(=C\c3ccc(C)cc3)c2=O)=N1. The number of ether oxygens (including phenoxy) is 1. The first kappa shape index (κ1) is 20.5. The highest BCUT2D eigenvalue weighted by molar-refractivity contribution is 7.10. The van der Waals surface area contributed by atoms with Crippen molar-refractivity contribution in [3.8, 4) is 0 Å². The lowest BCUT2D eigenvalue weighted by molar-refractivity contribution is -0.143. The van der Waals surface area contributed by atoms with E-state index < -0.39 is 12.0 Å². The Hall–Kier alpha value is -2.77. The van der Waals surface area contributed by atoms with Crippen molar-refractivity contribution in [2.24, 2.45) is 4.99 Å². The Bertz CT molecular complexity index is 1290. The maximum absolute atomic E-state index is 13.4. The minimum atomic E-state index is -0.535. The van der Waals surface area contributed by atoms with E-state index in [1.165, 1.54) is 22.7 Å². The number of thiophene rings is 1. The van der Waals surface area contributed by atoms with Crippen molar-refractivity contribution in [2.45, 2.75) is 39.8 Å². The largest absolute Gasteiger partial charge is 0.459 e. The molecule has 1 unspecified atom stereocenters. The second-order valence-corrected chi connectivity index (χ2v) is 9.45. The number of hydrogen-bond acceptors (Lipinski definition) is 6. The van der Waals surface area contributed by atoms with Gasteiger partial charge in [0.1, 0.15) is 6.04 Å². The summed E-state index contributed by atoms with van der Waals surface area (Å²) < 4.78 is 7.70. The summed E-state index contributed by atoms with van der Waals surface area (Å²) in [5, 5.41) is 1.94. The fraction of sp³-hybridized carbons (Fsp3) is 0.261. The Morgan fingerprint density at radius 2 is 1.93 bits per heavy atom. The molecule has 3 aromatic rings. The van der Waals surface area contributed by atoms with Gasteiger partial charge in [-0.25, -0.2) is 9.79 Å². The van der Waals surface area contributed by atoms with Crippen molar-refractivity contribution >= 4 is 34.7 Å². The number of aromatic nitrogens is 1. The minimum absolute atomic E-state index is 0.153. The fourth-order valence-electron chi connectivity index (χ4n) is 3.39. The molecule has 0 spiro atoms. The summed E-state index contributed by atoms with van der Waals surface area (Å²) in [5.74, 6) is -0.433. The molecule has 1 aromatic carbocycles. The molecule has 5 nitrogen and oxygen atoms in total. The number of hydrogen-bond donors (Lipinski definition) is 0. The number of carbonyl (C=O) groups excluding carboxylic acids is 1. The van der Waals surface area contributed by atoms with E-state index in [1.54, 1.807) is 11.5 Å². The van der Waals surface area contributed by atoms with Crippen LogP contribution in [-0.2, 0) is 9.53 Å². The van der Waals surface area contributed by atoms with E-state index in [1.807, 2.05) is 68.6 Å². The molecule has 1 atom stereocenters. The van der Waals surface area contributed by atoms with Crippen LogP contribution in [0.2, 0.25) is 0 Å². The highest BCUT2D eigenvalue weighted by atomic mass is 32.1. The molecule has 0 bridgehead atoms. The molecule has 2 aromatic heterocycles. The van der Waals surface area contributed by atoms with Gasteiger partial charge in [-0.2, -0.15) is 0 Å². The van der Waals surface area contributed by atoms with Gasteiger partial charge in [-0.15, -0.1) is 11.3 Å². The molecule has 1 aliphatic heterocycles. The first-order valence-corrected chi connectivity index (χ1v) is 11.4. The van der Waals surface area contributed by atoms with Gasteiger partial charge in [0.15, 0.2) is 4.80 Å². The average molecular weight is 439 g/mol.